The summed E-state index contributed by atoms with van der Waals surface area (Å²) < 4.78 is 7.17. The molecular formula is C62H39N5. The van der Waals surface area contributed by atoms with E-state index in [9.17, 15) is 0 Å². The zero-order valence-corrected chi connectivity index (χ0v) is 36.3. The Balaban J connectivity index is 1.02. The Morgan fingerprint density at radius 2 is 0.597 bits per heavy atom. The predicted molar refractivity (Wildman–Crippen MR) is 279 cm³/mol. The summed E-state index contributed by atoms with van der Waals surface area (Å²) in [5.74, 6) is 0.672. The van der Waals surface area contributed by atoms with Crippen molar-refractivity contribution < 1.29 is 0 Å². The molecule has 4 heterocycles. The van der Waals surface area contributed by atoms with Crippen LogP contribution in [-0.4, -0.2) is 23.7 Å². The minimum absolute atomic E-state index is 0.672. The quantitative estimate of drug-likeness (QED) is 0.167. The highest BCUT2D eigenvalue weighted by Crippen LogP contribution is 2.39. The topological polar surface area (TPSA) is 40.6 Å². The highest BCUT2D eigenvalue weighted by atomic mass is 15.0. The van der Waals surface area contributed by atoms with E-state index in [0.717, 1.165) is 72.6 Å². The number of hydrogen-bond acceptors (Lipinski definition) is 2. The molecule has 0 radical (unpaired) electrons. The molecule has 14 rings (SSSR count). The van der Waals surface area contributed by atoms with E-state index >= 15 is 0 Å². The Bertz CT molecular complexity index is 3990. The molecule has 0 saturated heterocycles. The number of fused-ring (bicyclic) bond motifs is 10. The first-order valence-electron chi connectivity index (χ1n) is 22.8. The lowest BCUT2D eigenvalue weighted by molar-refractivity contribution is 1.13. The lowest BCUT2D eigenvalue weighted by Crippen LogP contribution is -2.02. The van der Waals surface area contributed by atoms with Crippen molar-refractivity contribution in [2.75, 3.05) is 0 Å². The van der Waals surface area contributed by atoms with Gasteiger partial charge in [-0.1, -0.05) is 158 Å². The molecule has 0 atom stereocenters. The van der Waals surface area contributed by atoms with Crippen LogP contribution in [0.2, 0.25) is 0 Å². The Morgan fingerprint density at radius 3 is 1.04 bits per heavy atom. The Hall–Kier alpha value is -9.06. The van der Waals surface area contributed by atoms with Gasteiger partial charge in [-0.25, -0.2) is 9.97 Å². The Labute approximate surface area is 385 Å². The average molecular weight is 854 g/mol. The minimum Gasteiger partial charge on any atom is -0.309 e. The first-order chi connectivity index (χ1) is 33.2. The standard InChI is InChI=1S/C62H39N5/c1-2-16-42-35-43(30-29-40(42)15-1)62-63-54(41-31-33-45(34-32-41)65-56-23-9-3-17-48(56)49-18-4-10-24-57(49)65)39-55(64-62)44-36-46(66-58-25-11-5-19-50(58)51-20-6-12-26-59(51)66)38-47(37-44)67-60-27-13-7-21-52(60)53-22-8-14-28-61(53)67/h1-39H. The average Bonchev–Trinajstić information content (AvgIpc) is 4.04. The van der Waals surface area contributed by atoms with Gasteiger partial charge in [-0.2, -0.15) is 0 Å². The fraction of sp³-hybridized carbons (Fsp3) is 0. The van der Waals surface area contributed by atoms with Gasteiger partial charge in [0.05, 0.1) is 44.5 Å². The summed E-state index contributed by atoms with van der Waals surface area (Å²) in [6.45, 7) is 0. The van der Waals surface area contributed by atoms with E-state index < -0.39 is 0 Å². The maximum atomic E-state index is 5.49. The van der Waals surface area contributed by atoms with Crippen molar-refractivity contribution in [3.63, 3.8) is 0 Å². The predicted octanol–water partition coefficient (Wildman–Crippen LogP) is 15.9. The molecule has 0 unspecified atom stereocenters. The van der Waals surface area contributed by atoms with Crippen LogP contribution in [0.25, 0.3) is 127 Å². The highest BCUT2D eigenvalue weighted by molar-refractivity contribution is 6.11. The molecule has 10 aromatic carbocycles. The molecule has 4 aromatic heterocycles. The smallest absolute Gasteiger partial charge is 0.160 e. The second-order valence-corrected chi connectivity index (χ2v) is 17.4. The summed E-state index contributed by atoms with van der Waals surface area (Å²) >= 11 is 0. The van der Waals surface area contributed by atoms with Gasteiger partial charge < -0.3 is 13.7 Å². The molecule has 5 heteroatoms. The molecule has 0 fully saturated rings. The monoisotopic (exact) mass is 853 g/mol. The third-order valence-corrected chi connectivity index (χ3v) is 13.6. The van der Waals surface area contributed by atoms with E-state index in [1.807, 2.05) is 0 Å². The molecule has 0 amide bonds. The third-order valence-electron chi connectivity index (χ3n) is 13.6. The lowest BCUT2D eigenvalue weighted by Gasteiger charge is -2.16. The van der Waals surface area contributed by atoms with E-state index in [2.05, 4.69) is 250 Å². The summed E-state index contributed by atoms with van der Waals surface area (Å²) in [5.41, 5.74) is 14.8. The third kappa shape index (κ3) is 5.88. The Kier molecular flexibility index (Phi) is 8.21. The van der Waals surface area contributed by atoms with Crippen LogP contribution in [0.1, 0.15) is 0 Å². The van der Waals surface area contributed by atoms with Gasteiger partial charge >= 0.3 is 0 Å². The summed E-state index contributed by atoms with van der Waals surface area (Å²) in [6, 6.07) is 85.1. The van der Waals surface area contributed by atoms with Crippen LogP contribution >= 0.6 is 0 Å². The zero-order chi connectivity index (χ0) is 44.0. The van der Waals surface area contributed by atoms with Crippen LogP contribution in [0, 0.1) is 0 Å². The second kappa shape index (κ2) is 14.7. The summed E-state index contributed by atoms with van der Waals surface area (Å²) in [5, 5.41) is 9.68. The number of benzene rings is 10. The van der Waals surface area contributed by atoms with Crippen LogP contribution in [0.4, 0.5) is 0 Å². The minimum atomic E-state index is 0.672. The van der Waals surface area contributed by atoms with Crippen molar-refractivity contribution in [1.82, 2.24) is 23.7 Å². The normalized spacial score (nSPS) is 11.9. The van der Waals surface area contributed by atoms with Crippen LogP contribution in [-0.2, 0) is 0 Å². The molecule has 0 N–H and O–H groups in total. The lowest BCUT2D eigenvalue weighted by atomic mass is 10.0. The number of para-hydroxylation sites is 6. The molecule has 14 aromatic rings. The van der Waals surface area contributed by atoms with Crippen molar-refractivity contribution in [1.29, 1.82) is 0 Å². The molecule has 0 aliphatic heterocycles. The van der Waals surface area contributed by atoms with Crippen LogP contribution in [0.3, 0.4) is 0 Å². The fourth-order valence-corrected chi connectivity index (χ4v) is 10.6. The summed E-state index contributed by atoms with van der Waals surface area (Å²) in [6.07, 6.45) is 0. The molecule has 5 nitrogen and oxygen atoms in total. The molecular weight excluding hydrogens is 815 g/mol. The largest absolute Gasteiger partial charge is 0.309 e. The van der Waals surface area contributed by atoms with Crippen LogP contribution < -0.4 is 0 Å². The molecule has 0 aliphatic rings. The summed E-state index contributed by atoms with van der Waals surface area (Å²) in [7, 11) is 0. The van der Waals surface area contributed by atoms with Gasteiger partial charge in [0.15, 0.2) is 5.82 Å². The van der Waals surface area contributed by atoms with E-state index in [4.69, 9.17) is 9.97 Å². The van der Waals surface area contributed by atoms with Gasteiger partial charge in [0, 0.05) is 66.1 Å². The first kappa shape index (κ1) is 37.3. The second-order valence-electron chi connectivity index (χ2n) is 17.4. The number of hydrogen-bond donors (Lipinski definition) is 0. The van der Waals surface area contributed by atoms with Crippen molar-refractivity contribution in [2.45, 2.75) is 0 Å². The molecule has 0 aliphatic carbocycles. The molecule has 0 spiro atoms. The van der Waals surface area contributed by atoms with E-state index in [1.54, 1.807) is 0 Å². The van der Waals surface area contributed by atoms with Gasteiger partial charge in [0.25, 0.3) is 0 Å². The Morgan fingerprint density at radius 1 is 0.239 bits per heavy atom. The highest BCUT2D eigenvalue weighted by Gasteiger charge is 2.20. The van der Waals surface area contributed by atoms with Crippen LogP contribution in [0.5, 0.6) is 0 Å². The van der Waals surface area contributed by atoms with Gasteiger partial charge in [0.2, 0.25) is 0 Å². The number of aromatic nitrogens is 5. The SMILES string of the molecule is c1ccc2cc(-c3nc(-c4ccc(-n5c6ccccc6c6ccccc65)cc4)cc(-c4cc(-n5c6ccccc6c6ccccc65)cc(-n5c6ccccc6c6ccccc65)c4)n3)ccc2c1. The van der Waals surface area contributed by atoms with Gasteiger partial charge in [-0.15, -0.1) is 0 Å². The molecule has 0 saturated carbocycles. The van der Waals surface area contributed by atoms with Crippen LogP contribution in [0.15, 0.2) is 237 Å². The van der Waals surface area contributed by atoms with Crippen molar-refractivity contribution in [3.05, 3.63) is 237 Å². The summed E-state index contributed by atoms with van der Waals surface area (Å²) in [4.78, 5) is 10.9. The maximum Gasteiger partial charge on any atom is 0.160 e. The zero-order valence-electron chi connectivity index (χ0n) is 36.3. The first-order valence-corrected chi connectivity index (χ1v) is 22.8. The molecule has 0 bridgehead atoms. The van der Waals surface area contributed by atoms with Crippen molar-refractivity contribution >= 4 is 76.2 Å². The van der Waals surface area contributed by atoms with Crippen molar-refractivity contribution in [3.8, 4) is 51.0 Å². The van der Waals surface area contributed by atoms with Gasteiger partial charge in [0.1, 0.15) is 0 Å². The number of nitrogens with zero attached hydrogens (tertiary/aromatic N) is 5. The number of rotatable bonds is 6. The van der Waals surface area contributed by atoms with Gasteiger partial charge in [-0.05, 0) is 89.6 Å². The van der Waals surface area contributed by atoms with E-state index in [0.29, 0.717) is 5.82 Å². The van der Waals surface area contributed by atoms with E-state index in [-0.39, 0.29) is 0 Å². The molecule has 312 valence electrons. The van der Waals surface area contributed by atoms with Gasteiger partial charge in [-0.3, -0.25) is 0 Å². The fourth-order valence-electron chi connectivity index (χ4n) is 10.6. The van der Waals surface area contributed by atoms with E-state index in [1.165, 1.54) is 48.7 Å². The molecule has 67 heavy (non-hydrogen) atoms. The maximum absolute atomic E-state index is 5.49. The van der Waals surface area contributed by atoms with Crippen molar-refractivity contribution in [2.24, 2.45) is 0 Å².